The van der Waals surface area contributed by atoms with Gasteiger partial charge in [0, 0.05) is 9.26 Å². The number of ether oxygens (including phenoxy) is 1. The van der Waals surface area contributed by atoms with E-state index in [2.05, 4.69) is 40.3 Å². The Morgan fingerprint density at radius 3 is 2.53 bits per heavy atom. The van der Waals surface area contributed by atoms with E-state index in [4.69, 9.17) is 4.74 Å². The summed E-state index contributed by atoms with van der Waals surface area (Å²) in [6.07, 6.45) is 1.50. The maximum atomic E-state index is 13.3. The molecule has 7 heteroatoms. The number of halogens is 1. The van der Waals surface area contributed by atoms with E-state index in [1.54, 1.807) is 24.3 Å². The molecule has 3 aromatic rings. The van der Waals surface area contributed by atoms with Gasteiger partial charge in [-0.25, -0.2) is 5.01 Å². The molecule has 1 aliphatic rings. The second-order valence-corrected chi connectivity index (χ2v) is 8.62. The lowest BCUT2D eigenvalue weighted by atomic mass is 10.0. The van der Waals surface area contributed by atoms with Gasteiger partial charge in [-0.3, -0.25) is 15.0 Å². The molecule has 0 radical (unpaired) electrons. The Bertz CT molecular complexity index is 1120. The second-order valence-electron chi connectivity index (χ2n) is 7.46. The first-order valence-corrected chi connectivity index (χ1v) is 11.6. The Balaban J connectivity index is 1.63. The van der Waals surface area contributed by atoms with Crippen LogP contribution >= 0.6 is 22.6 Å². The van der Waals surface area contributed by atoms with Crippen molar-refractivity contribution in [1.82, 2.24) is 10.4 Å². The van der Waals surface area contributed by atoms with Crippen LogP contribution in [-0.4, -0.2) is 23.4 Å². The Morgan fingerprint density at radius 1 is 1.06 bits per heavy atom. The van der Waals surface area contributed by atoms with Crippen molar-refractivity contribution >= 4 is 40.1 Å². The Morgan fingerprint density at radius 2 is 1.78 bits per heavy atom. The summed E-state index contributed by atoms with van der Waals surface area (Å²) in [6.45, 7) is 2.79. The average molecular weight is 541 g/mol. The summed E-state index contributed by atoms with van der Waals surface area (Å²) in [5.74, 6) is 0.167. The molecule has 0 saturated carbocycles. The molecule has 1 atom stereocenters. The zero-order chi connectivity index (χ0) is 22.5. The molecule has 32 heavy (non-hydrogen) atoms. The van der Waals surface area contributed by atoms with Crippen molar-refractivity contribution in [1.29, 1.82) is 0 Å². The first kappa shape index (κ1) is 22.1. The molecule has 1 heterocycles. The normalized spacial score (nSPS) is 15.0. The number of para-hydroxylation sites is 1. The number of nitrogens with one attached hydrogen (secondary N) is 2. The molecule has 6 nitrogen and oxygen atoms in total. The Labute approximate surface area is 201 Å². The maximum absolute atomic E-state index is 13.3. The molecule has 2 amide bonds. The number of hydrazine groups is 1. The molecule has 1 aliphatic heterocycles. The van der Waals surface area contributed by atoms with Gasteiger partial charge < -0.3 is 10.1 Å². The quantitative estimate of drug-likeness (QED) is 0.311. The zero-order valence-electron chi connectivity index (χ0n) is 17.7. The van der Waals surface area contributed by atoms with Crippen LogP contribution in [0.15, 0.2) is 72.8 Å². The van der Waals surface area contributed by atoms with E-state index in [0.717, 1.165) is 33.4 Å². The third kappa shape index (κ3) is 4.72. The summed E-state index contributed by atoms with van der Waals surface area (Å²) in [7, 11) is 0. The molecule has 0 spiro atoms. The third-order valence-electron chi connectivity index (χ3n) is 5.23. The molecule has 2 N–H and O–H groups in total. The lowest BCUT2D eigenvalue weighted by molar-refractivity contribution is 0.0490. The van der Waals surface area contributed by atoms with E-state index in [1.807, 2.05) is 48.5 Å². The van der Waals surface area contributed by atoms with E-state index in [0.29, 0.717) is 17.7 Å². The highest BCUT2D eigenvalue weighted by Crippen LogP contribution is 2.32. The Hall–Kier alpha value is -3.07. The van der Waals surface area contributed by atoms with Crippen LogP contribution in [0.4, 0.5) is 5.69 Å². The lowest BCUT2D eigenvalue weighted by Gasteiger charge is -2.37. The van der Waals surface area contributed by atoms with E-state index in [-0.39, 0.29) is 11.8 Å². The molecule has 164 valence electrons. The van der Waals surface area contributed by atoms with Crippen molar-refractivity contribution in [2.24, 2.45) is 0 Å². The number of rotatable bonds is 7. The molecule has 0 bridgehead atoms. The molecule has 0 saturated heterocycles. The smallest absolute Gasteiger partial charge is 0.276 e. The number of carbonyl (C=O) groups is 2. The van der Waals surface area contributed by atoms with E-state index < -0.39 is 6.17 Å². The zero-order valence-corrected chi connectivity index (χ0v) is 19.8. The second kappa shape index (κ2) is 10.0. The molecule has 0 aromatic heterocycles. The summed E-state index contributed by atoms with van der Waals surface area (Å²) >= 11 is 2.12. The highest BCUT2D eigenvalue weighted by molar-refractivity contribution is 14.1. The van der Waals surface area contributed by atoms with Gasteiger partial charge >= 0.3 is 0 Å². The largest absolute Gasteiger partial charge is 0.494 e. The van der Waals surface area contributed by atoms with Gasteiger partial charge in [0.1, 0.15) is 11.9 Å². The van der Waals surface area contributed by atoms with Crippen LogP contribution in [0.2, 0.25) is 0 Å². The summed E-state index contributed by atoms with van der Waals surface area (Å²) in [5, 5.41) is 4.75. The SMILES string of the molecule is CCCCOc1ccc([C@@H]2Nc3ccccc3C(=O)N2NC(=O)c2ccccc2I)cc1. The summed E-state index contributed by atoms with van der Waals surface area (Å²) in [4.78, 5) is 26.3. The fourth-order valence-electron chi connectivity index (χ4n) is 3.50. The first-order chi connectivity index (χ1) is 15.6. The third-order valence-corrected chi connectivity index (χ3v) is 6.17. The van der Waals surface area contributed by atoms with E-state index in [9.17, 15) is 9.59 Å². The molecule has 0 aliphatic carbocycles. The maximum Gasteiger partial charge on any atom is 0.276 e. The van der Waals surface area contributed by atoms with Crippen LogP contribution in [0, 0.1) is 3.57 Å². The molecule has 0 unspecified atom stereocenters. The first-order valence-electron chi connectivity index (χ1n) is 10.6. The molecule has 0 fully saturated rings. The van der Waals surface area contributed by atoms with Crippen LogP contribution in [0.3, 0.4) is 0 Å². The fourth-order valence-corrected chi connectivity index (χ4v) is 4.13. The number of hydrogen-bond acceptors (Lipinski definition) is 4. The topological polar surface area (TPSA) is 70.7 Å². The van der Waals surface area contributed by atoms with Crippen LogP contribution in [0.1, 0.15) is 52.2 Å². The van der Waals surface area contributed by atoms with E-state index >= 15 is 0 Å². The standard InChI is InChI=1S/C25H24IN3O3/c1-2-3-16-32-18-14-12-17(13-15-18)23-27-22-11-7-5-9-20(22)25(31)29(23)28-24(30)19-8-4-6-10-21(19)26/h4-15,23,27H,2-3,16H2,1H3,(H,28,30)/t23-/m1/s1. The average Bonchev–Trinajstić information content (AvgIpc) is 2.82. The van der Waals surface area contributed by atoms with Gasteiger partial charge in [0.25, 0.3) is 11.8 Å². The minimum atomic E-state index is -0.563. The van der Waals surface area contributed by atoms with Crippen LogP contribution < -0.4 is 15.5 Å². The predicted octanol–water partition coefficient (Wildman–Crippen LogP) is 5.38. The molecule has 4 rings (SSSR count). The van der Waals surface area contributed by atoms with Crippen molar-refractivity contribution < 1.29 is 14.3 Å². The van der Waals surface area contributed by atoms with Crippen LogP contribution in [0.5, 0.6) is 5.75 Å². The van der Waals surface area contributed by atoms with Crippen molar-refractivity contribution in [3.8, 4) is 5.75 Å². The van der Waals surface area contributed by atoms with Crippen molar-refractivity contribution in [3.63, 3.8) is 0 Å². The number of benzene rings is 3. The van der Waals surface area contributed by atoms with Crippen LogP contribution in [-0.2, 0) is 0 Å². The van der Waals surface area contributed by atoms with Gasteiger partial charge in [0.15, 0.2) is 0 Å². The minimum absolute atomic E-state index is 0.271. The Kier molecular flexibility index (Phi) is 6.94. The molecular weight excluding hydrogens is 517 g/mol. The number of carbonyl (C=O) groups excluding carboxylic acids is 2. The summed E-state index contributed by atoms with van der Waals surface area (Å²) < 4.78 is 6.57. The van der Waals surface area contributed by atoms with Gasteiger partial charge in [-0.05, 0) is 71.0 Å². The predicted molar refractivity (Wildman–Crippen MR) is 132 cm³/mol. The molecule has 3 aromatic carbocycles. The number of anilines is 1. The molecular formula is C25H24IN3O3. The number of amides is 2. The van der Waals surface area contributed by atoms with Crippen molar-refractivity contribution in [3.05, 3.63) is 93.1 Å². The van der Waals surface area contributed by atoms with Gasteiger partial charge in [0.2, 0.25) is 0 Å². The van der Waals surface area contributed by atoms with Gasteiger partial charge in [-0.15, -0.1) is 0 Å². The lowest BCUT2D eigenvalue weighted by Crippen LogP contribution is -2.53. The van der Waals surface area contributed by atoms with Gasteiger partial charge in [-0.1, -0.05) is 49.7 Å². The number of fused-ring (bicyclic) bond motifs is 1. The highest BCUT2D eigenvalue weighted by atomic mass is 127. The highest BCUT2D eigenvalue weighted by Gasteiger charge is 2.34. The summed E-state index contributed by atoms with van der Waals surface area (Å²) in [6, 6.07) is 22.2. The number of unbranched alkanes of at least 4 members (excludes halogenated alkanes) is 1. The number of hydrogen-bond donors (Lipinski definition) is 2. The fraction of sp³-hybridized carbons (Fsp3) is 0.200. The van der Waals surface area contributed by atoms with Crippen molar-refractivity contribution in [2.45, 2.75) is 25.9 Å². The number of nitrogens with zero attached hydrogens (tertiary/aromatic N) is 1. The van der Waals surface area contributed by atoms with Gasteiger partial charge in [-0.2, -0.15) is 0 Å². The monoisotopic (exact) mass is 541 g/mol. The van der Waals surface area contributed by atoms with Gasteiger partial charge in [0.05, 0.1) is 17.7 Å². The van der Waals surface area contributed by atoms with E-state index in [1.165, 1.54) is 5.01 Å². The summed E-state index contributed by atoms with van der Waals surface area (Å²) in [5.41, 5.74) is 5.40. The van der Waals surface area contributed by atoms with Crippen molar-refractivity contribution in [2.75, 3.05) is 11.9 Å². The minimum Gasteiger partial charge on any atom is -0.494 e. The van der Waals surface area contributed by atoms with Crippen LogP contribution in [0.25, 0.3) is 0 Å².